The highest BCUT2D eigenvalue weighted by Gasteiger charge is 2.40. The third kappa shape index (κ3) is 10.7. The molecule has 0 radical (unpaired) electrons. The molecule has 10 rings (SSSR count). The minimum absolute atomic E-state index is 0.00107. The van der Waals surface area contributed by atoms with Crippen LogP contribution in [0.5, 0.6) is 0 Å². The summed E-state index contributed by atoms with van der Waals surface area (Å²) in [6.07, 6.45) is 9.59. The summed E-state index contributed by atoms with van der Waals surface area (Å²) in [6, 6.07) is 34.1. The smallest absolute Gasteiger partial charge is 0.250 e. The van der Waals surface area contributed by atoms with Crippen molar-refractivity contribution < 1.29 is 19.2 Å². The van der Waals surface area contributed by atoms with E-state index in [2.05, 4.69) is 69.1 Å². The molecule has 1 saturated heterocycles. The molecule has 4 atom stereocenters. The molecule has 4 aromatic heterocycles. The first-order valence-electron chi connectivity index (χ1n) is 24.4. The van der Waals surface area contributed by atoms with Crippen LogP contribution in [0.3, 0.4) is 0 Å². The van der Waals surface area contributed by atoms with E-state index in [4.69, 9.17) is 9.97 Å². The minimum Gasteiger partial charge on any atom is -0.340 e. The molecular formula is C55H60N8O4S2. The molecule has 3 aliphatic rings. The summed E-state index contributed by atoms with van der Waals surface area (Å²) in [4.78, 5) is 78.9. The normalized spacial score (nSPS) is 16.8. The van der Waals surface area contributed by atoms with E-state index in [1.807, 2.05) is 111 Å². The quantitative estimate of drug-likeness (QED) is 0.0712. The summed E-state index contributed by atoms with van der Waals surface area (Å²) in [5.41, 5.74) is 5.58. The summed E-state index contributed by atoms with van der Waals surface area (Å²) >= 11 is 3.37. The Balaban J connectivity index is 0.00000293. The van der Waals surface area contributed by atoms with Gasteiger partial charge in [-0.2, -0.15) is 0 Å². The van der Waals surface area contributed by atoms with Gasteiger partial charge in [-0.25, -0.2) is 9.97 Å². The van der Waals surface area contributed by atoms with Crippen LogP contribution >= 0.6 is 22.7 Å². The molecule has 2 saturated carbocycles. The number of imidazole rings is 2. The highest BCUT2D eigenvalue weighted by Crippen LogP contribution is 2.40. The van der Waals surface area contributed by atoms with Crippen LogP contribution < -0.4 is 10.6 Å². The Hall–Kier alpha value is -6.64. The second-order valence-electron chi connectivity index (χ2n) is 17.9. The molecule has 3 aromatic carbocycles. The van der Waals surface area contributed by atoms with Gasteiger partial charge < -0.3 is 30.4 Å². The van der Waals surface area contributed by atoms with Crippen molar-refractivity contribution in [2.75, 3.05) is 13.1 Å². The van der Waals surface area contributed by atoms with Crippen LogP contribution in [0.1, 0.15) is 120 Å². The number of thiophene rings is 2. The van der Waals surface area contributed by atoms with Crippen molar-refractivity contribution in [2.45, 2.75) is 96.8 Å². The second-order valence-corrected chi connectivity index (χ2v) is 20.1. The number of nitrogens with zero attached hydrogens (tertiary/aromatic N) is 4. The number of amides is 4. The van der Waals surface area contributed by atoms with Gasteiger partial charge >= 0.3 is 0 Å². The Labute approximate surface area is 412 Å². The number of hydrogen-bond acceptors (Lipinski definition) is 8. The Kier molecular flexibility index (Phi) is 14.7. The first-order valence-corrected chi connectivity index (χ1v) is 26.1. The maximum Gasteiger partial charge on any atom is 0.250 e. The van der Waals surface area contributed by atoms with E-state index in [1.165, 1.54) is 0 Å². The van der Waals surface area contributed by atoms with Crippen molar-refractivity contribution in [3.63, 3.8) is 0 Å². The number of aromatic amines is 2. The number of hydrogen-bond donors (Lipinski definition) is 4. The summed E-state index contributed by atoms with van der Waals surface area (Å²) in [5.74, 6) is 1.08. The van der Waals surface area contributed by atoms with Crippen molar-refractivity contribution in [1.29, 1.82) is 0 Å². The molecule has 12 nitrogen and oxygen atoms in total. The Bertz CT molecular complexity index is 2860. The van der Waals surface area contributed by atoms with E-state index in [-0.39, 0.29) is 47.5 Å². The maximum atomic E-state index is 14.3. The molecule has 7 aromatic rings. The van der Waals surface area contributed by atoms with Crippen molar-refractivity contribution >= 4 is 46.3 Å². The molecule has 356 valence electrons. The average molecular weight is 961 g/mol. The molecule has 0 unspecified atom stereocenters. The average Bonchev–Trinajstić information content (AvgIpc) is 3.96. The standard InChI is InChI=1S/C53H54N8O4S2.C2H6/c1-3-28-60(52(64)46(35-11-6-4-7-12-35)58-50(62)37-20-21-37)32(2)48-54-30-39(56-48)44-26-24-42(66-44)33-16-18-34(19-17-33)43-25-27-45(67-43)40-31-55-49(57-40)41-15-10-29-61(41)53(65)47(36-13-8-5-9-14-36)59-51(63)38-22-23-38;1-2/h4-9,11-14,16-19,24-27,30-32,37-38,41,46-47H,3,10,15,20-23,28-29H2,1-2H3,(H,54,56)(H,55,57)(H,58,62)(H,59,63);1-2H3/t32-,41-,46-,47-;/m0./s1. The number of nitrogens with one attached hydrogen (secondary N) is 4. The van der Waals surface area contributed by atoms with Gasteiger partial charge in [0.25, 0.3) is 0 Å². The van der Waals surface area contributed by atoms with Crippen molar-refractivity contribution in [2.24, 2.45) is 11.8 Å². The number of likely N-dealkylation sites (tertiary alicyclic amines) is 1. The molecule has 0 spiro atoms. The molecule has 5 heterocycles. The fourth-order valence-corrected chi connectivity index (χ4v) is 10.9. The van der Waals surface area contributed by atoms with E-state index in [1.54, 1.807) is 22.7 Å². The summed E-state index contributed by atoms with van der Waals surface area (Å²) in [5, 5.41) is 6.12. The van der Waals surface area contributed by atoms with Crippen molar-refractivity contribution in [1.82, 2.24) is 40.4 Å². The van der Waals surface area contributed by atoms with E-state index in [0.29, 0.717) is 18.9 Å². The monoisotopic (exact) mass is 960 g/mol. The van der Waals surface area contributed by atoms with Gasteiger partial charge in [0.2, 0.25) is 23.6 Å². The first kappa shape index (κ1) is 47.4. The van der Waals surface area contributed by atoms with Crippen molar-refractivity contribution in [3.05, 3.63) is 144 Å². The number of carbonyl (C=O) groups is 4. The van der Waals surface area contributed by atoms with Gasteiger partial charge in [0.1, 0.15) is 23.7 Å². The van der Waals surface area contributed by atoms with E-state index < -0.39 is 12.1 Å². The van der Waals surface area contributed by atoms with Crippen LogP contribution in [0.2, 0.25) is 0 Å². The van der Waals surface area contributed by atoms with E-state index >= 15 is 0 Å². The Morgan fingerprint density at radius 2 is 1.17 bits per heavy atom. The van der Waals surface area contributed by atoms with Gasteiger partial charge in [0.05, 0.1) is 45.6 Å². The molecule has 1 aliphatic heterocycles. The lowest BCUT2D eigenvalue weighted by Gasteiger charge is -2.32. The molecule has 3 fully saturated rings. The molecular weight excluding hydrogens is 901 g/mol. The number of benzene rings is 3. The lowest BCUT2D eigenvalue weighted by molar-refractivity contribution is -0.139. The molecule has 2 aliphatic carbocycles. The van der Waals surface area contributed by atoms with Gasteiger partial charge in [-0.05, 0) is 98.4 Å². The number of H-pyrrole nitrogens is 2. The fraction of sp³-hybridized carbons (Fsp3) is 0.345. The summed E-state index contributed by atoms with van der Waals surface area (Å²) < 4.78 is 0. The topological polar surface area (TPSA) is 156 Å². The van der Waals surface area contributed by atoms with Gasteiger partial charge in [-0.15, -0.1) is 22.7 Å². The largest absolute Gasteiger partial charge is 0.340 e. The lowest BCUT2D eigenvalue weighted by atomic mass is 10.0. The summed E-state index contributed by atoms with van der Waals surface area (Å²) in [7, 11) is 0. The van der Waals surface area contributed by atoms with Crippen molar-refractivity contribution in [3.8, 4) is 42.0 Å². The molecule has 4 N–H and O–H groups in total. The minimum atomic E-state index is -0.766. The summed E-state index contributed by atoms with van der Waals surface area (Å²) in [6.45, 7) is 9.17. The second kappa shape index (κ2) is 21.3. The first-order chi connectivity index (χ1) is 33.7. The predicted molar refractivity (Wildman–Crippen MR) is 274 cm³/mol. The zero-order valence-electron chi connectivity index (χ0n) is 39.6. The van der Waals surface area contributed by atoms with Gasteiger partial charge in [0.15, 0.2) is 0 Å². The number of rotatable bonds is 17. The highest BCUT2D eigenvalue weighted by atomic mass is 32.1. The van der Waals surface area contributed by atoms with Crippen LogP contribution in [-0.2, 0) is 19.2 Å². The van der Waals surface area contributed by atoms with Crippen LogP contribution in [0.4, 0.5) is 0 Å². The molecule has 69 heavy (non-hydrogen) atoms. The zero-order chi connectivity index (χ0) is 48.0. The van der Waals surface area contributed by atoms with Crippen LogP contribution in [-0.4, -0.2) is 66.5 Å². The van der Waals surface area contributed by atoms with Crippen LogP contribution in [0.25, 0.3) is 42.0 Å². The lowest BCUT2D eigenvalue weighted by Crippen LogP contribution is -2.45. The van der Waals surface area contributed by atoms with E-state index in [9.17, 15) is 19.2 Å². The number of carbonyl (C=O) groups excluding carboxylic acids is 4. The molecule has 4 amide bonds. The third-order valence-corrected chi connectivity index (χ3v) is 15.4. The van der Waals surface area contributed by atoms with Crippen LogP contribution in [0, 0.1) is 11.8 Å². The Morgan fingerprint density at radius 3 is 1.72 bits per heavy atom. The predicted octanol–water partition coefficient (Wildman–Crippen LogP) is 11.4. The zero-order valence-corrected chi connectivity index (χ0v) is 41.2. The SMILES string of the molecule is CC.CCCN(C(=O)[C@@H](NC(=O)C1CC1)c1ccccc1)[C@@H](C)c1ncc(-c2ccc(-c3ccc(-c4ccc(-c5cnc([C@@H]6CCCN6C(=O)[C@@H](NC(=O)C6CC6)c6ccccc6)[nH]5)s4)cc3)s2)[nH]1. The van der Waals surface area contributed by atoms with Gasteiger partial charge in [-0.3, -0.25) is 19.2 Å². The fourth-order valence-electron chi connectivity index (χ4n) is 8.99. The third-order valence-electron chi connectivity index (χ3n) is 13.1. The maximum absolute atomic E-state index is 14.3. The molecule has 14 heteroatoms. The molecule has 0 bridgehead atoms. The van der Waals surface area contributed by atoms with Gasteiger partial charge in [0, 0.05) is 34.7 Å². The highest BCUT2D eigenvalue weighted by molar-refractivity contribution is 7.19. The Morgan fingerprint density at radius 1 is 0.667 bits per heavy atom. The number of aromatic nitrogens is 4. The van der Waals surface area contributed by atoms with Crippen LogP contribution in [0.15, 0.2) is 122 Å². The van der Waals surface area contributed by atoms with E-state index in [0.717, 1.165) is 104 Å². The van der Waals surface area contributed by atoms with Gasteiger partial charge in [-0.1, -0.05) is 106 Å².